The topological polar surface area (TPSA) is 62.7 Å². The van der Waals surface area contributed by atoms with Crippen LogP contribution in [0, 0.1) is 13.8 Å². The minimum atomic E-state index is -0.0751. The number of benzene rings is 1. The van der Waals surface area contributed by atoms with E-state index in [1.807, 2.05) is 19.1 Å². The van der Waals surface area contributed by atoms with Crippen LogP contribution in [0.15, 0.2) is 42.6 Å². The third-order valence-electron chi connectivity index (χ3n) is 4.66. The Balaban J connectivity index is 1.70. The molecule has 27 heavy (non-hydrogen) atoms. The highest BCUT2D eigenvalue weighted by Crippen LogP contribution is 2.39. The van der Waals surface area contributed by atoms with Gasteiger partial charge in [0.25, 0.3) is 5.91 Å². The van der Waals surface area contributed by atoms with Gasteiger partial charge in [-0.15, -0.1) is 11.3 Å². The van der Waals surface area contributed by atoms with Gasteiger partial charge in [0.1, 0.15) is 6.61 Å². The van der Waals surface area contributed by atoms with E-state index in [0.29, 0.717) is 36.7 Å². The lowest BCUT2D eigenvalue weighted by atomic mass is 10.1. The number of fused-ring (bicyclic) bond motifs is 1. The molecule has 0 spiro atoms. The van der Waals surface area contributed by atoms with Gasteiger partial charge in [-0.2, -0.15) is 0 Å². The van der Waals surface area contributed by atoms with Gasteiger partial charge in [0.2, 0.25) is 0 Å². The van der Waals surface area contributed by atoms with Gasteiger partial charge in [-0.1, -0.05) is 0 Å². The lowest BCUT2D eigenvalue weighted by molar-refractivity contribution is 0.0732. The highest BCUT2D eigenvalue weighted by Gasteiger charge is 2.24. The second kappa shape index (κ2) is 7.04. The first-order valence-electron chi connectivity index (χ1n) is 8.79. The van der Waals surface area contributed by atoms with Crippen molar-refractivity contribution in [2.45, 2.75) is 20.4 Å². The minimum Gasteiger partial charge on any atom is -0.504 e. The Hall–Kier alpha value is -2.86. The van der Waals surface area contributed by atoms with Gasteiger partial charge in [-0.3, -0.25) is 9.78 Å². The average Bonchev–Trinajstić information content (AvgIpc) is 2.96. The number of amides is 1. The first-order valence-corrected chi connectivity index (χ1v) is 9.61. The third-order valence-corrected chi connectivity index (χ3v) is 5.71. The Morgan fingerprint density at radius 1 is 1.26 bits per heavy atom. The predicted molar refractivity (Wildman–Crippen MR) is 105 cm³/mol. The summed E-state index contributed by atoms with van der Waals surface area (Å²) >= 11 is 1.67. The molecule has 0 saturated carbocycles. The van der Waals surface area contributed by atoms with E-state index in [9.17, 15) is 9.90 Å². The molecule has 1 aliphatic rings. The molecule has 0 aliphatic carbocycles. The largest absolute Gasteiger partial charge is 0.504 e. The quantitative estimate of drug-likeness (QED) is 0.725. The van der Waals surface area contributed by atoms with E-state index in [4.69, 9.17) is 4.74 Å². The van der Waals surface area contributed by atoms with Crippen LogP contribution >= 0.6 is 11.3 Å². The molecule has 3 heterocycles. The van der Waals surface area contributed by atoms with Crippen LogP contribution in [-0.2, 0) is 6.54 Å². The fourth-order valence-electron chi connectivity index (χ4n) is 3.28. The normalized spacial score (nSPS) is 13.6. The van der Waals surface area contributed by atoms with Crippen molar-refractivity contribution in [1.82, 2.24) is 9.88 Å². The molecule has 0 saturated heterocycles. The zero-order valence-electron chi connectivity index (χ0n) is 15.2. The molecule has 1 aromatic carbocycles. The van der Waals surface area contributed by atoms with Crippen molar-refractivity contribution in [3.05, 3.63) is 64.3 Å². The zero-order chi connectivity index (χ0) is 19.0. The Morgan fingerprint density at radius 2 is 2.11 bits per heavy atom. The summed E-state index contributed by atoms with van der Waals surface area (Å²) in [7, 11) is 0. The second-order valence-corrected chi connectivity index (χ2v) is 7.89. The summed E-state index contributed by atoms with van der Waals surface area (Å²) in [4.78, 5) is 21.2. The summed E-state index contributed by atoms with van der Waals surface area (Å²) in [6.07, 6.45) is 1.68. The van der Waals surface area contributed by atoms with Gasteiger partial charge in [0, 0.05) is 33.8 Å². The Kier molecular flexibility index (Phi) is 4.58. The predicted octanol–water partition coefficient (Wildman–Crippen LogP) is 4.17. The molecule has 0 fully saturated rings. The summed E-state index contributed by atoms with van der Waals surface area (Å²) < 4.78 is 5.77. The number of pyridine rings is 1. The van der Waals surface area contributed by atoms with Gasteiger partial charge >= 0.3 is 0 Å². The van der Waals surface area contributed by atoms with Crippen LogP contribution in [0.1, 0.15) is 26.5 Å². The number of carbonyl (C=O) groups is 1. The monoisotopic (exact) mass is 380 g/mol. The molecule has 138 valence electrons. The second-order valence-electron chi connectivity index (χ2n) is 6.61. The molecule has 0 bridgehead atoms. The van der Waals surface area contributed by atoms with E-state index in [1.54, 1.807) is 40.6 Å². The highest BCUT2D eigenvalue weighted by atomic mass is 32.1. The van der Waals surface area contributed by atoms with Crippen molar-refractivity contribution in [2.24, 2.45) is 0 Å². The van der Waals surface area contributed by atoms with Gasteiger partial charge in [0.15, 0.2) is 11.5 Å². The summed E-state index contributed by atoms with van der Waals surface area (Å²) in [6, 6.07) is 11.4. The average molecular weight is 380 g/mol. The molecule has 6 heteroatoms. The summed E-state index contributed by atoms with van der Waals surface area (Å²) in [5.74, 6) is 0.500. The minimum absolute atomic E-state index is 0.0751. The molecular formula is C21H20N2O3S. The van der Waals surface area contributed by atoms with Gasteiger partial charge < -0.3 is 14.7 Å². The Labute approximate surface area is 161 Å². The maximum absolute atomic E-state index is 13.0. The molecule has 2 aromatic heterocycles. The summed E-state index contributed by atoms with van der Waals surface area (Å²) in [6.45, 7) is 5.06. The van der Waals surface area contributed by atoms with E-state index in [0.717, 1.165) is 16.0 Å². The number of phenolic OH excluding ortho intramolecular Hbond substituents is 1. The number of rotatable bonds is 2. The molecule has 0 radical (unpaired) electrons. The van der Waals surface area contributed by atoms with Gasteiger partial charge in [-0.05, 0) is 55.8 Å². The highest BCUT2D eigenvalue weighted by molar-refractivity contribution is 7.15. The number of carbonyl (C=O) groups excluding carboxylic acids is 1. The maximum atomic E-state index is 13.0. The Bertz CT molecular complexity index is 1010. The first kappa shape index (κ1) is 17.5. The lowest BCUT2D eigenvalue weighted by Gasteiger charge is -2.20. The number of hydrogen-bond donors (Lipinski definition) is 1. The molecule has 1 N–H and O–H groups in total. The van der Waals surface area contributed by atoms with Crippen molar-refractivity contribution in [3.8, 4) is 21.9 Å². The smallest absolute Gasteiger partial charge is 0.256 e. The van der Waals surface area contributed by atoms with Crippen LogP contribution in [-0.4, -0.2) is 34.0 Å². The number of hydrogen-bond acceptors (Lipinski definition) is 5. The maximum Gasteiger partial charge on any atom is 0.256 e. The molecule has 1 aliphatic heterocycles. The van der Waals surface area contributed by atoms with E-state index in [2.05, 4.69) is 18.0 Å². The first-order chi connectivity index (χ1) is 13.0. The molecule has 3 aromatic rings. The molecule has 1 amide bonds. The van der Waals surface area contributed by atoms with Crippen LogP contribution in [0.2, 0.25) is 0 Å². The fourth-order valence-corrected chi connectivity index (χ4v) is 4.14. The number of aromatic nitrogens is 1. The fraction of sp³-hybridized carbons (Fsp3) is 0.238. The van der Waals surface area contributed by atoms with Crippen LogP contribution < -0.4 is 4.74 Å². The number of aryl methyl sites for hydroxylation is 2. The molecule has 0 atom stereocenters. The number of ether oxygens (including phenoxy) is 1. The van der Waals surface area contributed by atoms with Crippen LogP contribution in [0.5, 0.6) is 11.5 Å². The van der Waals surface area contributed by atoms with Crippen LogP contribution in [0.3, 0.4) is 0 Å². The van der Waals surface area contributed by atoms with E-state index < -0.39 is 0 Å². The van der Waals surface area contributed by atoms with Crippen molar-refractivity contribution in [2.75, 3.05) is 13.2 Å². The lowest BCUT2D eigenvalue weighted by Crippen LogP contribution is -2.33. The SMILES string of the molecule is Cc1ccc(-c2cc(O)c3c(c2)CN(C(=O)c2cccnc2C)CCO3)s1. The van der Waals surface area contributed by atoms with Gasteiger partial charge in [0.05, 0.1) is 12.1 Å². The molecular weight excluding hydrogens is 360 g/mol. The van der Waals surface area contributed by atoms with E-state index >= 15 is 0 Å². The van der Waals surface area contributed by atoms with Crippen LogP contribution in [0.25, 0.3) is 10.4 Å². The Morgan fingerprint density at radius 3 is 2.85 bits per heavy atom. The van der Waals surface area contributed by atoms with Crippen molar-refractivity contribution < 1.29 is 14.6 Å². The van der Waals surface area contributed by atoms with Gasteiger partial charge in [-0.25, -0.2) is 0 Å². The molecule has 5 nitrogen and oxygen atoms in total. The summed E-state index contributed by atoms with van der Waals surface area (Å²) in [5, 5.41) is 10.5. The van der Waals surface area contributed by atoms with Crippen molar-refractivity contribution >= 4 is 17.2 Å². The van der Waals surface area contributed by atoms with E-state index in [1.165, 1.54) is 4.88 Å². The number of phenols is 1. The third kappa shape index (κ3) is 3.40. The van der Waals surface area contributed by atoms with Crippen molar-refractivity contribution in [1.29, 1.82) is 0 Å². The van der Waals surface area contributed by atoms with E-state index in [-0.39, 0.29) is 11.7 Å². The number of aromatic hydroxyl groups is 1. The summed E-state index contributed by atoms with van der Waals surface area (Å²) in [5.41, 5.74) is 3.04. The standard InChI is InChI=1S/C21H20N2O3S/c1-13-5-6-19(27-13)15-10-16-12-23(8-9-26-20(16)18(24)11-15)21(25)17-4-3-7-22-14(17)2/h3-7,10-11,24H,8-9,12H2,1-2H3. The van der Waals surface area contributed by atoms with Crippen molar-refractivity contribution in [3.63, 3.8) is 0 Å². The molecule has 4 rings (SSSR count). The van der Waals surface area contributed by atoms with Crippen LogP contribution in [0.4, 0.5) is 0 Å². The number of thiophene rings is 1. The zero-order valence-corrected chi connectivity index (χ0v) is 16.0. The number of nitrogens with zero attached hydrogens (tertiary/aromatic N) is 2. The molecule has 0 unspecified atom stereocenters.